The van der Waals surface area contributed by atoms with Crippen molar-refractivity contribution in [3.63, 3.8) is 0 Å². The third kappa shape index (κ3) is 12.4. The van der Waals surface area contributed by atoms with Crippen LogP contribution in [-0.2, 0) is 0 Å². The van der Waals surface area contributed by atoms with Gasteiger partial charge in [-0.2, -0.15) is 0 Å². The summed E-state index contributed by atoms with van der Waals surface area (Å²) in [4.78, 5) is 0. The maximum atomic E-state index is 2.33. The first kappa shape index (κ1) is 24.1. The topological polar surface area (TPSA) is 0 Å². The molecule has 0 heterocycles. The molecule has 2 rings (SSSR count). The van der Waals surface area contributed by atoms with Crippen molar-refractivity contribution in [2.24, 2.45) is 0 Å². The fraction of sp³-hybridized carbons (Fsp3) is 0.500. The monoisotopic (exact) mass is 566 g/mol. The Morgan fingerprint density at radius 3 is 1.23 bits per heavy atom. The van der Waals surface area contributed by atoms with E-state index in [-0.39, 0.29) is 21.6 Å². The molecule has 2 heteroatoms. The zero-order valence-electron chi connectivity index (χ0n) is 17.1. The van der Waals surface area contributed by atoms with Crippen molar-refractivity contribution in [2.45, 2.75) is 72.6 Å². The molecule has 0 aromatic heterocycles. The minimum absolute atomic E-state index is 0.335. The number of hydrogen-bond donors (Lipinski definition) is 0. The molecule has 2 aromatic carbocycles. The van der Waals surface area contributed by atoms with Gasteiger partial charge in [-0.15, -0.1) is 0 Å². The fourth-order valence-corrected chi connectivity index (χ4v) is 14.9. The van der Waals surface area contributed by atoms with Gasteiger partial charge >= 0.3 is 182 Å². The zero-order chi connectivity index (χ0) is 18.9. The van der Waals surface area contributed by atoms with Gasteiger partial charge in [0.15, 0.2) is 0 Å². The molecule has 0 nitrogen and oxygen atoms in total. The van der Waals surface area contributed by atoms with Crippen LogP contribution in [0.2, 0.25) is 13.3 Å². The summed E-state index contributed by atoms with van der Waals surface area (Å²) in [6, 6.07) is 21.5. The van der Waals surface area contributed by atoms with Crippen molar-refractivity contribution in [1.29, 1.82) is 0 Å². The first-order valence-corrected chi connectivity index (χ1v) is 19.1. The van der Waals surface area contributed by atoms with Gasteiger partial charge in [0.25, 0.3) is 0 Å². The van der Waals surface area contributed by atoms with E-state index in [1.54, 1.807) is 13.3 Å². The molecule has 0 spiro atoms. The van der Waals surface area contributed by atoms with E-state index >= 15 is 0 Å². The molecule has 2 aromatic rings. The van der Waals surface area contributed by atoms with Crippen LogP contribution in [0.1, 0.15) is 59.3 Å². The molecule has 0 unspecified atom stereocenters. The van der Waals surface area contributed by atoms with Crippen LogP contribution >= 0.6 is 0 Å². The van der Waals surface area contributed by atoms with Crippen LogP contribution in [0.15, 0.2) is 60.7 Å². The quantitative estimate of drug-likeness (QED) is 0.284. The molecule has 0 fully saturated rings. The summed E-state index contributed by atoms with van der Waals surface area (Å²) >= 11 is -1.17. The van der Waals surface area contributed by atoms with Gasteiger partial charge in [-0.3, -0.25) is 0 Å². The van der Waals surface area contributed by atoms with E-state index in [1.165, 1.54) is 45.5 Å². The molecule has 0 bridgehead atoms. The average Bonchev–Trinajstić information content (AvgIpc) is 2.69. The van der Waals surface area contributed by atoms with Crippen LogP contribution in [0, 0.1) is 0 Å². The van der Waals surface area contributed by atoms with E-state index in [0.717, 1.165) is 0 Å². The average molecular weight is 566 g/mol. The minimum atomic E-state index is -0.839. The molecular weight excluding hydrogens is 529 g/mol. The Bertz CT molecular complexity index is 470. The van der Waals surface area contributed by atoms with Gasteiger partial charge in [0.2, 0.25) is 0 Å². The second kappa shape index (κ2) is 17.2. The molecular formula is C24H37SbSn. The van der Waals surface area contributed by atoms with Gasteiger partial charge in [-0.05, 0) is 0 Å². The summed E-state index contributed by atoms with van der Waals surface area (Å²) in [5.41, 5.74) is 0. The van der Waals surface area contributed by atoms with Gasteiger partial charge < -0.3 is 0 Å². The van der Waals surface area contributed by atoms with Crippen molar-refractivity contribution >= 4 is 48.4 Å². The third-order valence-electron chi connectivity index (χ3n) is 4.42. The molecule has 0 aliphatic rings. The van der Waals surface area contributed by atoms with Crippen LogP contribution in [0.4, 0.5) is 0 Å². The van der Waals surface area contributed by atoms with E-state index in [9.17, 15) is 0 Å². The molecule has 0 saturated heterocycles. The van der Waals surface area contributed by atoms with Crippen LogP contribution < -0.4 is 7.02 Å². The maximum absolute atomic E-state index is 2.33. The predicted molar refractivity (Wildman–Crippen MR) is 123 cm³/mol. The number of rotatable bonds is 11. The summed E-state index contributed by atoms with van der Waals surface area (Å²) in [5.74, 6) is 0. The van der Waals surface area contributed by atoms with Crippen molar-refractivity contribution in [1.82, 2.24) is 0 Å². The van der Waals surface area contributed by atoms with Crippen molar-refractivity contribution in [2.75, 3.05) is 0 Å². The van der Waals surface area contributed by atoms with Crippen molar-refractivity contribution in [3.8, 4) is 0 Å². The van der Waals surface area contributed by atoms with E-state index < -0.39 is 19.8 Å². The van der Waals surface area contributed by atoms with Crippen LogP contribution in [0.5, 0.6) is 0 Å². The zero-order valence-corrected chi connectivity index (χ0v) is 22.5. The molecule has 0 amide bonds. The van der Waals surface area contributed by atoms with Gasteiger partial charge in [0.1, 0.15) is 0 Å². The Balaban J connectivity index is 0.000000260. The molecule has 0 aliphatic heterocycles. The van der Waals surface area contributed by atoms with Crippen LogP contribution in [0.25, 0.3) is 0 Å². The standard InChI is InChI=1S/2C6H5.3C4H9.Sb.Sn/c2*1-2-4-6-5-3-1;3*1-3-4-2;;/h2*1-5H;3*1,3-4H2,2H3;;. The summed E-state index contributed by atoms with van der Waals surface area (Å²) in [5, 5.41) is 0. The molecule has 0 saturated carbocycles. The van der Waals surface area contributed by atoms with E-state index in [4.69, 9.17) is 0 Å². The summed E-state index contributed by atoms with van der Waals surface area (Å²) in [6.07, 6.45) is 8.85. The van der Waals surface area contributed by atoms with Crippen molar-refractivity contribution < 1.29 is 0 Å². The summed E-state index contributed by atoms with van der Waals surface area (Å²) < 4.78 is 8.08. The van der Waals surface area contributed by atoms with Gasteiger partial charge in [-0.1, -0.05) is 0 Å². The number of unbranched alkanes of at least 4 members (excludes halogenated alkanes) is 3. The van der Waals surface area contributed by atoms with Gasteiger partial charge in [0.05, 0.1) is 0 Å². The number of benzene rings is 2. The van der Waals surface area contributed by atoms with E-state index in [0.29, 0.717) is 0 Å². The normalized spacial score (nSPS) is 10.5. The molecule has 2 radical (unpaired) electrons. The molecule has 26 heavy (non-hydrogen) atoms. The number of hydrogen-bond acceptors (Lipinski definition) is 0. The SMILES string of the molecule is CCC[CH2][Sn]([CH2]CCC)[CH2]CCC.c1cc[c]([Sb][c]2ccccc2)cc1. The van der Waals surface area contributed by atoms with E-state index in [1.807, 2.05) is 0 Å². The van der Waals surface area contributed by atoms with E-state index in [2.05, 4.69) is 81.4 Å². The molecule has 0 atom stereocenters. The molecule has 0 N–H and O–H groups in total. The Morgan fingerprint density at radius 2 is 0.923 bits per heavy atom. The Labute approximate surface area is 180 Å². The second-order valence-corrected chi connectivity index (χ2v) is 19.0. The van der Waals surface area contributed by atoms with Gasteiger partial charge in [-0.25, -0.2) is 0 Å². The summed E-state index contributed by atoms with van der Waals surface area (Å²) in [7, 11) is 0. The Hall–Kier alpha value is 0.0569. The Kier molecular flexibility index (Phi) is 15.9. The van der Waals surface area contributed by atoms with Crippen molar-refractivity contribution in [3.05, 3.63) is 60.7 Å². The first-order valence-electron chi connectivity index (χ1n) is 10.5. The van der Waals surface area contributed by atoms with Gasteiger partial charge in [0, 0.05) is 0 Å². The molecule has 0 aliphatic carbocycles. The summed E-state index contributed by atoms with van der Waals surface area (Å²) in [6.45, 7) is 7.00. The molecule has 142 valence electrons. The third-order valence-corrected chi connectivity index (χ3v) is 16.7. The van der Waals surface area contributed by atoms with Crippen LogP contribution in [0.3, 0.4) is 0 Å². The predicted octanol–water partition coefficient (Wildman–Crippen LogP) is 6.22. The Morgan fingerprint density at radius 1 is 0.577 bits per heavy atom. The first-order chi connectivity index (χ1) is 12.8. The van der Waals surface area contributed by atoms with Crippen LogP contribution in [-0.4, -0.2) is 41.4 Å². The fourth-order valence-electron chi connectivity index (χ4n) is 2.81. The second-order valence-electron chi connectivity index (χ2n) is 6.84.